The van der Waals surface area contributed by atoms with E-state index in [4.69, 9.17) is 5.84 Å². The molecule has 94 valence electrons. The Morgan fingerprint density at radius 1 is 1.28 bits per heavy atom. The largest absolute Gasteiger partial charge is 0.271 e. The number of rotatable bonds is 3. The summed E-state index contributed by atoms with van der Waals surface area (Å²) >= 11 is 3.44. The molecule has 3 nitrogen and oxygen atoms in total. The summed E-state index contributed by atoms with van der Waals surface area (Å²) in [5.74, 6) is 5.19. The lowest BCUT2D eigenvalue weighted by atomic mass is 9.99. The fourth-order valence-electron chi connectivity index (χ4n) is 1.82. The molecule has 3 N–H and O–H groups in total. The van der Waals surface area contributed by atoms with E-state index in [-0.39, 0.29) is 11.9 Å². The van der Waals surface area contributed by atoms with Gasteiger partial charge in [0, 0.05) is 10.7 Å². The maximum atomic E-state index is 13.2. The van der Waals surface area contributed by atoms with E-state index < -0.39 is 0 Å². The number of hydrogen-bond donors (Lipinski definition) is 2. The minimum Gasteiger partial charge on any atom is -0.271 e. The van der Waals surface area contributed by atoms with Crippen molar-refractivity contribution in [1.82, 2.24) is 10.4 Å². The third-order valence-electron chi connectivity index (χ3n) is 2.74. The molecule has 0 aliphatic rings. The van der Waals surface area contributed by atoms with Crippen LogP contribution in [0.4, 0.5) is 4.39 Å². The van der Waals surface area contributed by atoms with Crippen molar-refractivity contribution in [1.29, 1.82) is 0 Å². The molecule has 1 unspecified atom stereocenters. The first-order valence-electron chi connectivity index (χ1n) is 5.44. The second-order valence-electron chi connectivity index (χ2n) is 4.04. The summed E-state index contributed by atoms with van der Waals surface area (Å²) in [6.45, 7) is 1.99. The molecule has 0 fully saturated rings. The molecule has 2 rings (SSSR count). The smallest absolute Gasteiger partial charge is 0.141 e. The molecule has 0 amide bonds. The number of nitrogens with one attached hydrogen (secondary N) is 1. The van der Waals surface area contributed by atoms with E-state index >= 15 is 0 Å². The molecule has 5 heteroatoms. The molecule has 18 heavy (non-hydrogen) atoms. The Labute approximate surface area is 113 Å². The molecule has 1 heterocycles. The minimum atomic E-state index is -0.374. The van der Waals surface area contributed by atoms with Crippen LogP contribution in [0.5, 0.6) is 0 Å². The summed E-state index contributed by atoms with van der Waals surface area (Å²) in [5, 5.41) is 0. The topological polar surface area (TPSA) is 50.9 Å². The maximum absolute atomic E-state index is 13.2. The molecule has 0 spiro atoms. The molecule has 0 bridgehead atoms. The molecule has 0 saturated carbocycles. The third-order valence-corrected chi connectivity index (χ3v) is 3.63. The summed E-state index contributed by atoms with van der Waals surface area (Å²) in [5.41, 5.74) is 5.44. The molecule has 0 aliphatic carbocycles. The SMILES string of the molecule is Cc1cc(C(NN)c2cncc(F)c2)ccc1Br. The Balaban J connectivity index is 2.42. The van der Waals surface area contributed by atoms with Crippen LogP contribution in [0.2, 0.25) is 0 Å². The van der Waals surface area contributed by atoms with Gasteiger partial charge in [0.05, 0.1) is 12.2 Å². The van der Waals surface area contributed by atoms with Crippen molar-refractivity contribution in [2.24, 2.45) is 5.84 Å². The summed E-state index contributed by atoms with van der Waals surface area (Å²) in [6.07, 6.45) is 2.77. The number of pyridine rings is 1. The van der Waals surface area contributed by atoms with Crippen molar-refractivity contribution in [3.05, 3.63) is 63.6 Å². The minimum absolute atomic E-state index is 0.278. The molecule has 1 aromatic carbocycles. The normalized spacial score (nSPS) is 12.4. The van der Waals surface area contributed by atoms with E-state index in [0.717, 1.165) is 15.6 Å². The average molecular weight is 310 g/mol. The van der Waals surface area contributed by atoms with Crippen molar-refractivity contribution in [3.8, 4) is 0 Å². The second-order valence-corrected chi connectivity index (χ2v) is 4.90. The number of hydrazine groups is 1. The van der Waals surface area contributed by atoms with Gasteiger partial charge < -0.3 is 0 Å². The number of hydrogen-bond acceptors (Lipinski definition) is 3. The molecular weight excluding hydrogens is 297 g/mol. The van der Waals surface area contributed by atoms with Crippen molar-refractivity contribution in [3.63, 3.8) is 0 Å². The molecule has 1 atom stereocenters. The summed E-state index contributed by atoms with van der Waals surface area (Å²) in [4.78, 5) is 3.84. The van der Waals surface area contributed by atoms with E-state index in [1.807, 2.05) is 25.1 Å². The molecule has 2 aromatic rings. The van der Waals surface area contributed by atoms with Gasteiger partial charge in [-0.2, -0.15) is 0 Å². The Morgan fingerprint density at radius 2 is 2.06 bits per heavy atom. The zero-order valence-corrected chi connectivity index (χ0v) is 11.4. The third kappa shape index (κ3) is 2.75. The van der Waals surface area contributed by atoms with Crippen LogP contribution in [0, 0.1) is 12.7 Å². The van der Waals surface area contributed by atoms with Crippen molar-refractivity contribution in [2.45, 2.75) is 13.0 Å². The van der Waals surface area contributed by atoms with E-state index in [2.05, 4.69) is 26.3 Å². The number of benzene rings is 1. The summed E-state index contributed by atoms with van der Waals surface area (Å²) < 4.78 is 14.2. The Kier molecular flexibility index (Phi) is 4.06. The highest BCUT2D eigenvalue weighted by Crippen LogP contribution is 2.25. The van der Waals surface area contributed by atoms with Crippen LogP contribution < -0.4 is 11.3 Å². The first-order valence-corrected chi connectivity index (χ1v) is 6.23. The number of halogens is 2. The van der Waals surface area contributed by atoms with Crippen molar-refractivity contribution < 1.29 is 4.39 Å². The average Bonchev–Trinajstić information content (AvgIpc) is 2.35. The van der Waals surface area contributed by atoms with Crippen LogP contribution >= 0.6 is 15.9 Å². The fourth-order valence-corrected chi connectivity index (χ4v) is 2.07. The van der Waals surface area contributed by atoms with Gasteiger partial charge in [-0.25, -0.2) is 9.82 Å². The molecule has 1 aromatic heterocycles. The standard InChI is InChI=1S/C13H13BrFN3/c1-8-4-9(2-3-12(8)14)13(18-16)10-5-11(15)7-17-6-10/h2-7,13,18H,16H2,1H3. The van der Waals surface area contributed by atoms with Gasteiger partial charge in [0.15, 0.2) is 0 Å². The van der Waals surface area contributed by atoms with Gasteiger partial charge in [-0.05, 0) is 35.7 Å². The summed E-state index contributed by atoms with van der Waals surface area (Å²) in [7, 11) is 0. The fraction of sp³-hybridized carbons (Fsp3) is 0.154. The maximum Gasteiger partial charge on any atom is 0.141 e. The predicted octanol–water partition coefficient (Wildman–Crippen LogP) is 2.84. The van der Waals surface area contributed by atoms with Gasteiger partial charge in [-0.1, -0.05) is 28.1 Å². The molecular formula is C13H13BrFN3. The quantitative estimate of drug-likeness (QED) is 0.677. The highest BCUT2D eigenvalue weighted by Gasteiger charge is 2.14. The number of aromatic nitrogens is 1. The molecule has 0 radical (unpaired) electrons. The lowest BCUT2D eigenvalue weighted by Crippen LogP contribution is -2.29. The zero-order valence-electron chi connectivity index (χ0n) is 9.82. The highest BCUT2D eigenvalue weighted by atomic mass is 79.9. The second kappa shape index (κ2) is 5.56. The first-order chi connectivity index (χ1) is 8.61. The van der Waals surface area contributed by atoms with Gasteiger partial charge in [0.2, 0.25) is 0 Å². The highest BCUT2D eigenvalue weighted by molar-refractivity contribution is 9.10. The van der Waals surface area contributed by atoms with Gasteiger partial charge >= 0.3 is 0 Å². The Morgan fingerprint density at radius 3 is 2.67 bits per heavy atom. The first kappa shape index (κ1) is 13.1. The van der Waals surface area contributed by atoms with E-state index in [1.165, 1.54) is 12.3 Å². The van der Waals surface area contributed by atoms with Crippen LogP contribution in [0.15, 0.2) is 41.1 Å². The van der Waals surface area contributed by atoms with Crippen LogP contribution in [0.25, 0.3) is 0 Å². The molecule has 0 saturated heterocycles. The molecule has 0 aliphatic heterocycles. The van der Waals surface area contributed by atoms with Gasteiger partial charge in [-0.3, -0.25) is 10.8 Å². The van der Waals surface area contributed by atoms with E-state index in [0.29, 0.717) is 5.56 Å². The zero-order chi connectivity index (χ0) is 13.1. The van der Waals surface area contributed by atoms with Gasteiger partial charge in [-0.15, -0.1) is 0 Å². The van der Waals surface area contributed by atoms with E-state index in [9.17, 15) is 4.39 Å². The van der Waals surface area contributed by atoms with E-state index in [1.54, 1.807) is 6.20 Å². The number of nitrogens with two attached hydrogens (primary N) is 1. The lowest BCUT2D eigenvalue weighted by Gasteiger charge is -2.17. The number of nitrogens with zero attached hydrogens (tertiary/aromatic N) is 1. The van der Waals surface area contributed by atoms with Crippen molar-refractivity contribution >= 4 is 15.9 Å². The van der Waals surface area contributed by atoms with Crippen LogP contribution in [-0.2, 0) is 0 Å². The van der Waals surface area contributed by atoms with Crippen LogP contribution in [-0.4, -0.2) is 4.98 Å². The number of aryl methyl sites for hydroxylation is 1. The predicted molar refractivity (Wildman–Crippen MR) is 72.2 cm³/mol. The van der Waals surface area contributed by atoms with Crippen LogP contribution in [0.3, 0.4) is 0 Å². The van der Waals surface area contributed by atoms with Crippen molar-refractivity contribution in [2.75, 3.05) is 0 Å². The van der Waals surface area contributed by atoms with Gasteiger partial charge in [0.1, 0.15) is 5.82 Å². The lowest BCUT2D eigenvalue weighted by molar-refractivity contribution is 0.597. The van der Waals surface area contributed by atoms with Crippen LogP contribution in [0.1, 0.15) is 22.7 Å². The summed E-state index contributed by atoms with van der Waals surface area (Å²) in [6, 6.07) is 7.03. The Hall–Kier alpha value is -1.30. The Bertz CT molecular complexity index is 560. The monoisotopic (exact) mass is 309 g/mol. The van der Waals surface area contributed by atoms with Gasteiger partial charge in [0.25, 0.3) is 0 Å².